The lowest BCUT2D eigenvalue weighted by Crippen LogP contribution is -2.01. The minimum atomic E-state index is -0.485. The zero-order valence-corrected chi connectivity index (χ0v) is 12.2. The number of nitrogens with one attached hydrogen (secondary N) is 1. The fourth-order valence-corrected chi connectivity index (χ4v) is 1.90. The number of methoxy groups -OCH3 is 4. The summed E-state index contributed by atoms with van der Waals surface area (Å²) in [5.41, 5.74) is 0.959. The first-order valence-electron chi connectivity index (χ1n) is 6.08. The second kappa shape index (κ2) is 6.17. The number of hydrogen-bond donors (Lipinski definition) is 1. The molecule has 0 aliphatic heterocycles. The topological polar surface area (TPSA) is 82.7 Å². The number of imidazole rings is 1. The average Bonchev–Trinajstić information content (AvgIpc) is 3.02. The van der Waals surface area contributed by atoms with Crippen LogP contribution in [0.3, 0.4) is 0 Å². The highest BCUT2D eigenvalue weighted by Gasteiger charge is 2.17. The molecule has 112 valence electrons. The molecule has 7 nitrogen and oxygen atoms in total. The van der Waals surface area contributed by atoms with Crippen molar-refractivity contribution in [3.8, 4) is 28.6 Å². The van der Waals surface area contributed by atoms with Gasteiger partial charge in [0.1, 0.15) is 11.5 Å². The van der Waals surface area contributed by atoms with E-state index in [0.29, 0.717) is 28.6 Å². The van der Waals surface area contributed by atoms with E-state index in [1.807, 2.05) is 0 Å². The van der Waals surface area contributed by atoms with Crippen LogP contribution in [0.1, 0.15) is 10.5 Å². The van der Waals surface area contributed by atoms with E-state index >= 15 is 0 Å². The van der Waals surface area contributed by atoms with Crippen molar-refractivity contribution in [1.82, 2.24) is 9.97 Å². The number of hydrogen-bond acceptors (Lipinski definition) is 6. The molecular weight excluding hydrogens is 276 g/mol. The SMILES string of the molecule is COC(=O)c1cnc(-c2cc(OC)c(OC)c(OC)c2)[nH]1. The molecule has 0 aliphatic carbocycles. The molecular formula is C14H16N2O5. The molecule has 7 heteroatoms. The Kier molecular flexibility index (Phi) is 4.32. The average molecular weight is 292 g/mol. The summed E-state index contributed by atoms with van der Waals surface area (Å²) in [5.74, 6) is 1.50. The summed E-state index contributed by atoms with van der Waals surface area (Å²) in [6, 6.07) is 3.47. The van der Waals surface area contributed by atoms with E-state index in [1.165, 1.54) is 34.6 Å². The number of aromatic nitrogens is 2. The molecule has 0 radical (unpaired) electrons. The quantitative estimate of drug-likeness (QED) is 0.847. The lowest BCUT2D eigenvalue weighted by atomic mass is 10.1. The normalized spacial score (nSPS) is 10.1. The number of benzene rings is 1. The van der Waals surface area contributed by atoms with E-state index in [-0.39, 0.29) is 5.69 Å². The summed E-state index contributed by atoms with van der Waals surface area (Å²) in [4.78, 5) is 18.5. The van der Waals surface area contributed by atoms with Crippen LogP contribution in [0.4, 0.5) is 0 Å². The number of aromatic amines is 1. The van der Waals surface area contributed by atoms with Gasteiger partial charge >= 0.3 is 5.97 Å². The zero-order valence-electron chi connectivity index (χ0n) is 12.2. The second-order valence-electron chi connectivity index (χ2n) is 4.05. The summed E-state index contributed by atoms with van der Waals surface area (Å²) in [7, 11) is 5.90. The van der Waals surface area contributed by atoms with E-state index in [0.717, 1.165) is 0 Å². The summed E-state index contributed by atoms with van der Waals surface area (Å²) in [5, 5.41) is 0. The Balaban J connectivity index is 2.49. The molecule has 1 aromatic carbocycles. The lowest BCUT2D eigenvalue weighted by Gasteiger charge is -2.13. The highest BCUT2D eigenvalue weighted by molar-refractivity contribution is 5.87. The number of esters is 1. The Morgan fingerprint density at radius 1 is 1.05 bits per heavy atom. The van der Waals surface area contributed by atoms with Crippen LogP contribution < -0.4 is 14.2 Å². The fraction of sp³-hybridized carbons (Fsp3) is 0.286. The van der Waals surface area contributed by atoms with E-state index in [1.54, 1.807) is 12.1 Å². The Morgan fingerprint density at radius 2 is 1.67 bits per heavy atom. The van der Waals surface area contributed by atoms with Gasteiger partial charge in [0.2, 0.25) is 5.75 Å². The van der Waals surface area contributed by atoms with Crippen molar-refractivity contribution < 1.29 is 23.7 Å². The van der Waals surface area contributed by atoms with Crippen molar-refractivity contribution in [2.75, 3.05) is 28.4 Å². The first-order chi connectivity index (χ1) is 10.1. The predicted octanol–water partition coefficient (Wildman–Crippen LogP) is 1.89. The smallest absolute Gasteiger partial charge is 0.356 e. The minimum absolute atomic E-state index is 0.265. The third kappa shape index (κ3) is 2.76. The van der Waals surface area contributed by atoms with Crippen molar-refractivity contribution in [3.63, 3.8) is 0 Å². The van der Waals surface area contributed by atoms with E-state index in [9.17, 15) is 4.79 Å². The van der Waals surface area contributed by atoms with Crippen LogP contribution in [-0.2, 0) is 4.74 Å². The van der Waals surface area contributed by atoms with Crippen molar-refractivity contribution in [2.45, 2.75) is 0 Å². The molecule has 1 heterocycles. The van der Waals surface area contributed by atoms with Crippen molar-refractivity contribution in [1.29, 1.82) is 0 Å². The Morgan fingerprint density at radius 3 is 2.14 bits per heavy atom. The molecule has 0 aliphatic rings. The number of H-pyrrole nitrogens is 1. The third-order valence-corrected chi connectivity index (χ3v) is 2.92. The van der Waals surface area contributed by atoms with Crippen LogP contribution in [0.15, 0.2) is 18.3 Å². The molecule has 0 atom stereocenters. The molecule has 0 unspecified atom stereocenters. The maximum Gasteiger partial charge on any atom is 0.356 e. The Labute approximate surface area is 121 Å². The summed E-state index contributed by atoms with van der Waals surface area (Å²) in [6.45, 7) is 0. The third-order valence-electron chi connectivity index (χ3n) is 2.92. The highest BCUT2D eigenvalue weighted by Crippen LogP contribution is 2.40. The van der Waals surface area contributed by atoms with E-state index in [4.69, 9.17) is 14.2 Å². The first kappa shape index (κ1) is 14.7. The van der Waals surface area contributed by atoms with Gasteiger partial charge < -0.3 is 23.9 Å². The van der Waals surface area contributed by atoms with Crippen LogP contribution in [-0.4, -0.2) is 44.4 Å². The molecule has 1 N–H and O–H groups in total. The molecule has 2 rings (SSSR count). The van der Waals surface area contributed by atoms with Crippen LogP contribution in [0.2, 0.25) is 0 Å². The van der Waals surface area contributed by atoms with Gasteiger partial charge in [-0.3, -0.25) is 0 Å². The van der Waals surface area contributed by atoms with Crippen LogP contribution in [0.5, 0.6) is 17.2 Å². The van der Waals surface area contributed by atoms with Crippen LogP contribution >= 0.6 is 0 Å². The maximum atomic E-state index is 11.4. The minimum Gasteiger partial charge on any atom is -0.493 e. The number of nitrogens with zero attached hydrogens (tertiary/aromatic N) is 1. The van der Waals surface area contributed by atoms with Crippen molar-refractivity contribution >= 4 is 5.97 Å². The largest absolute Gasteiger partial charge is 0.493 e. The molecule has 1 aromatic heterocycles. The number of carbonyl (C=O) groups is 1. The first-order valence-corrected chi connectivity index (χ1v) is 6.08. The van der Waals surface area contributed by atoms with Gasteiger partial charge in [0.25, 0.3) is 0 Å². The predicted molar refractivity (Wildman–Crippen MR) is 75.0 cm³/mol. The van der Waals surface area contributed by atoms with Gasteiger partial charge in [-0.05, 0) is 12.1 Å². The van der Waals surface area contributed by atoms with E-state index in [2.05, 4.69) is 14.7 Å². The number of rotatable bonds is 5. The van der Waals surface area contributed by atoms with Gasteiger partial charge in [-0.2, -0.15) is 0 Å². The second-order valence-corrected chi connectivity index (χ2v) is 4.05. The van der Waals surface area contributed by atoms with Gasteiger partial charge in [-0.25, -0.2) is 9.78 Å². The van der Waals surface area contributed by atoms with Gasteiger partial charge in [0.15, 0.2) is 11.5 Å². The molecule has 0 spiro atoms. The molecule has 0 saturated carbocycles. The number of carbonyl (C=O) groups excluding carboxylic acids is 1. The van der Waals surface area contributed by atoms with Gasteiger partial charge in [0, 0.05) is 5.56 Å². The van der Waals surface area contributed by atoms with Crippen molar-refractivity contribution in [2.24, 2.45) is 0 Å². The summed E-state index contributed by atoms with van der Waals surface area (Å²) >= 11 is 0. The van der Waals surface area contributed by atoms with Crippen molar-refractivity contribution in [3.05, 3.63) is 24.0 Å². The fourth-order valence-electron chi connectivity index (χ4n) is 1.90. The molecule has 0 bridgehead atoms. The molecule has 0 fully saturated rings. The Bertz CT molecular complexity index is 626. The molecule has 0 amide bonds. The molecule has 2 aromatic rings. The maximum absolute atomic E-state index is 11.4. The summed E-state index contributed by atoms with van der Waals surface area (Å²) in [6.07, 6.45) is 1.41. The standard InChI is InChI=1S/C14H16N2O5/c1-18-10-5-8(6-11(19-2)12(10)20-3)13-15-7-9(16-13)14(17)21-4/h5-7H,1-4H3,(H,15,16). The van der Waals surface area contributed by atoms with E-state index < -0.39 is 5.97 Å². The zero-order chi connectivity index (χ0) is 15.4. The summed E-state index contributed by atoms with van der Waals surface area (Å²) < 4.78 is 20.4. The number of ether oxygens (including phenoxy) is 4. The van der Waals surface area contributed by atoms with Gasteiger partial charge in [0.05, 0.1) is 34.6 Å². The van der Waals surface area contributed by atoms with Crippen LogP contribution in [0, 0.1) is 0 Å². The van der Waals surface area contributed by atoms with Gasteiger partial charge in [-0.1, -0.05) is 0 Å². The van der Waals surface area contributed by atoms with Gasteiger partial charge in [-0.15, -0.1) is 0 Å². The highest BCUT2D eigenvalue weighted by atomic mass is 16.5. The monoisotopic (exact) mass is 292 g/mol. The molecule has 21 heavy (non-hydrogen) atoms. The lowest BCUT2D eigenvalue weighted by molar-refractivity contribution is 0.0595. The van der Waals surface area contributed by atoms with Crippen LogP contribution in [0.25, 0.3) is 11.4 Å². The molecule has 0 saturated heterocycles. The Hall–Kier alpha value is -2.70.